The lowest BCUT2D eigenvalue weighted by Crippen LogP contribution is -2.68. The molecule has 6 aromatic carbocycles. The summed E-state index contributed by atoms with van der Waals surface area (Å²) < 4.78 is 7.55. The first kappa shape index (κ1) is 26.5. The van der Waals surface area contributed by atoms with Crippen molar-refractivity contribution in [3.05, 3.63) is 133 Å². The summed E-state index contributed by atoms with van der Waals surface area (Å²) in [6.07, 6.45) is 0.721. The average molecular weight is 553 g/mol. The highest BCUT2D eigenvalue weighted by molar-refractivity contribution is 7.00. The lowest BCUT2D eigenvalue weighted by Gasteiger charge is -2.43. The van der Waals surface area contributed by atoms with E-state index in [-0.39, 0.29) is 16.4 Å². The number of phenolic OH excluding ortho intramolecular Hbond substituents is 1. The van der Waals surface area contributed by atoms with Gasteiger partial charge in [0.1, 0.15) is 11.5 Å². The molecule has 3 nitrogen and oxygen atoms in total. The minimum atomic E-state index is -3.00. The van der Waals surface area contributed by atoms with Gasteiger partial charge in [-0.15, -0.1) is 0 Å². The van der Waals surface area contributed by atoms with Gasteiger partial charge in [-0.1, -0.05) is 136 Å². The minimum absolute atomic E-state index is 0.0395. The summed E-state index contributed by atoms with van der Waals surface area (Å²) in [5.41, 5.74) is 1.64. The predicted molar refractivity (Wildman–Crippen MR) is 172 cm³/mol. The van der Waals surface area contributed by atoms with Crippen LogP contribution in [0.4, 0.5) is 0 Å². The van der Waals surface area contributed by atoms with E-state index in [0.717, 1.165) is 43.8 Å². The van der Waals surface area contributed by atoms with Crippen molar-refractivity contribution in [1.29, 1.82) is 0 Å². The Balaban J connectivity index is 1.74. The van der Waals surface area contributed by atoms with Crippen LogP contribution in [0.3, 0.4) is 0 Å². The van der Waals surface area contributed by atoms with E-state index in [2.05, 4.69) is 87.5 Å². The summed E-state index contributed by atoms with van der Waals surface area (Å²) in [6, 6.07) is 42.9. The van der Waals surface area contributed by atoms with Crippen LogP contribution < -0.4 is 14.8 Å². The molecule has 6 rings (SSSR count). The zero-order valence-corrected chi connectivity index (χ0v) is 24.5. The summed E-state index contributed by atoms with van der Waals surface area (Å²) >= 11 is 0. The standard InChI is InChI=1S/C37H32O3Si/c1-37(2,3)41(29-16-6-4-7-17-29,30-18-8-5-9-19-30)40-33-23-22-26-14-10-12-20-31(26)34(33)35-32-21-13-11-15-27(32)24-28(25-38)36(35)39/h4-25,39H,1-3H3. The van der Waals surface area contributed by atoms with Gasteiger partial charge >= 0.3 is 8.32 Å². The maximum atomic E-state index is 12.1. The molecular weight excluding hydrogens is 520 g/mol. The molecule has 0 heterocycles. The topological polar surface area (TPSA) is 46.5 Å². The summed E-state index contributed by atoms with van der Waals surface area (Å²) in [6.45, 7) is 6.75. The molecule has 0 spiro atoms. The first-order valence-electron chi connectivity index (χ1n) is 13.9. The fourth-order valence-corrected chi connectivity index (χ4v) is 10.5. The zero-order valence-electron chi connectivity index (χ0n) is 23.5. The van der Waals surface area contributed by atoms with Crippen LogP contribution in [0.5, 0.6) is 11.5 Å². The largest absolute Gasteiger partial charge is 0.534 e. The summed E-state index contributed by atoms with van der Waals surface area (Å²) in [5, 5.41) is 17.4. The van der Waals surface area contributed by atoms with Crippen molar-refractivity contribution in [2.75, 3.05) is 0 Å². The lowest BCUT2D eigenvalue weighted by atomic mass is 9.90. The van der Waals surface area contributed by atoms with Crippen molar-refractivity contribution in [1.82, 2.24) is 0 Å². The second-order valence-corrected chi connectivity index (χ2v) is 15.7. The molecule has 0 saturated heterocycles. The molecule has 0 fully saturated rings. The monoisotopic (exact) mass is 552 g/mol. The highest BCUT2D eigenvalue weighted by atomic mass is 28.4. The number of benzene rings is 6. The van der Waals surface area contributed by atoms with Gasteiger partial charge in [-0.3, -0.25) is 4.79 Å². The Kier molecular flexibility index (Phi) is 6.72. The number of hydrogen-bond acceptors (Lipinski definition) is 3. The van der Waals surface area contributed by atoms with Crippen LogP contribution in [-0.4, -0.2) is 19.7 Å². The molecule has 6 aromatic rings. The first-order valence-corrected chi connectivity index (χ1v) is 15.8. The number of carbonyl (C=O) groups excluding carboxylic acids is 1. The van der Waals surface area contributed by atoms with Gasteiger partial charge in [0.2, 0.25) is 0 Å². The Hall–Kier alpha value is -4.67. The third-order valence-electron chi connectivity index (χ3n) is 8.00. The molecule has 0 atom stereocenters. The molecule has 0 saturated carbocycles. The quantitative estimate of drug-likeness (QED) is 0.168. The maximum Gasteiger partial charge on any atom is 0.319 e. The van der Waals surface area contributed by atoms with Gasteiger partial charge in [0, 0.05) is 11.1 Å². The second kappa shape index (κ2) is 10.4. The van der Waals surface area contributed by atoms with Gasteiger partial charge in [-0.05, 0) is 49.1 Å². The second-order valence-electron chi connectivity index (χ2n) is 11.5. The van der Waals surface area contributed by atoms with Crippen molar-refractivity contribution in [3.63, 3.8) is 0 Å². The van der Waals surface area contributed by atoms with E-state index >= 15 is 0 Å². The van der Waals surface area contributed by atoms with Crippen LogP contribution in [0.1, 0.15) is 31.1 Å². The molecule has 0 radical (unpaired) electrons. The molecule has 0 amide bonds. The molecule has 0 unspecified atom stereocenters. The molecule has 1 N–H and O–H groups in total. The normalized spacial score (nSPS) is 12.0. The molecule has 0 aliphatic heterocycles. The fraction of sp³-hybridized carbons (Fsp3) is 0.108. The zero-order chi connectivity index (χ0) is 28.6. The van der Waals surface area contributed by atoms with Crippen LogP contribution in [0.25, 0.3) is 32.7 Å². The van der Waals surface area contributed by atoms with Crippen molar-refractivity contribution in [3.8, 4) is 22.6 Å². The fourth-order valence-electron chi connectivity index (χ4n) is 6.11. The van der Waals surface area contributed by atoms with Gasteiger partial charge in [-0.2, -0.15) is 0 Å². The molecule has 0 aliphatic carbocycles. The Morgan fingerprint density at radius 1 is 0.634 bits per heavy atom. The molecule has 202 valence electrons. The Morgan fingerprint density at radius 2 is 1.15 bits per heavy atom. The van der Waals surface area contributed by atoms with Crippen LogP contribution in [-0.2, 0) is 0 Å². The van der Waals surface area contributed by atoms with E-state index in [1.54, 1.807) is 6.07 Å². The van der Waals surface area contributed by atoms with E-state index in [0.29, 0.717) is 11.3 Å². The number of phenols is 1. The SMILES string of the molecule is CC(C)(C)[Si](Oc1ccc2ccccc2c1-c1c(O)c(C=O)cc2ccccc12)(c1ccccc1)c1ccccc1. The molecule has 41 heavy (non-hydrogen) atoms. The third-order valence-corrected chi connectivity index (χ3v) is 12.9. The van der Waals surface area contributed by atoms with Crippen molar-refractivity contribution in [2.24, 2.45) is 0 Å². The molecule has 4 heteroatoms. The van der Waals surface area contributed by atoms with Crippen molar-refractivity contribution >= 4 is 46.5 Å². The van der Waals surface area contributed by atoms with E-state index in [9.17, 15) is 9.90 Å². The van der Waals surface area contributed by atoms with Gasteiger partial charge in [-0.25, -0.2) is 0 Å². The predicted octanol–water partition coefficient (Wildman–Crippen LogP) is 8.12. The molecule has 0 bridgehead atoms. The number of hydrogen-bond donors (Lipinski definition) is 1. The Bertz CT molecular complexity index is 1830. The average Bonchev–Trinajstić information content (AvgIpc) is 3.00. The van der Waals surface area contributed by atoms with Crippen LogP contribution in [0, 0.1) is 0 Å². The Labute approximate surface area is 241 Å². The molecule has 0 aliphatic rings. The van der Waals surface area contributed by atoms with Crippen molar-refractivity contribution in [2.45, 2.75) is 25.8 Å². The van der Waals surface area contributed by atoms with Gasteiger partial charge in [0.05, 0.1) is 5.56 Å². The third kappa shape index (κ3) is 4.41. The number of fused-ring (bicyclic) bond motifs is 2. The number of carbonyl (C=O) groups is 1. The maximum absolute atomic E-state index is 12.1. The summed E-state index contributed by atoms with van der Waals surface area (Å²) in [7, 11) is -3.00. The molecular formula is C37H32O3Si. The minimum Gasteiger partial charge on any atom is -0.534 e. The highest BCUT2D eigenvalue weighted by Crippen LogP contribution is 2.48. The summed E-state index contributed by atoms with van der Waals surface area (Å²) in [4.78, 5) is 12.1. The van der Waals surface area contributed by atoms with E-state index in [1.807, 2.05) is 54.6 Å². The highest BCUT2D eigenvalue weighted by Gasteiger charge is 2.52. The van der Waals surface area contributed by atoms with Crippen LogP contribution in [0.15, 0.2) is 127 Å². The van der Waals surface area contributed by atoms with Gasteiger partial charge in [0.25, 0.3) is 0 Å². The Morgan fingerprint density at radius 3 is 1.71 bits per heavy atom. The first-order chi connectivity index (χ1) is 19.8. The number of aromatic hydroxyl groups is 1. The number of aldehydes is 1. The van der Waals surface area contributed by atoms with Gasteiger partial charge < -0.3 is 9.53 Å². The molecule has 0 aromatic heterocycles. The summed E-state index contributed by atoms with van der Waals surface area (Å²) in [5.74, 6) is 0.642. The van der Waals surface area contributed by atoms with Crippen LogP contribution in [0.2, 0.25) is 5.04 Å². The van der Waals surface area contributed by atoms with E-state index in [1.165, 1.54) is 0 Å². The number of rotatable bonds is 6. The van der Waals surface area contributed by atoms with E-state index in [4.69, 9.17) is 4.43 Å². The smallest absolute Gasteiger partial charge is 0.319 e. The lowest BCUT2D eigenvalue weighted by molar-refractivity contribution is 0.112. The van der Waals surface area contributed by atoms with E-state index < -0.39 is 8.32 Å². The van der Waals surface area contributed by atoms with Crippen LogP contribution >= 0.6 is 0 Å². The van der Waals surface area contributed by atoms with Gasteiger partial charge in [0.15, 0.2) is 6.29 Å². The van der Waals surface area contributed by atoms with Crippen molar-refractivity contribution < 1.29 is 14.3 Å².